The summed E-state index contributed by atoms with van der Waals surface area (Å²) in [7, 11) is 0. The summed E-state index contributed by atoms with van der Waals surface area (Å²) >= 11 is 4.84. The molecule has 0 radical (unpaired) electrons. The highest BCUT2D eigenvalue weighted by Gasteiger charge is 2.09. The van der Waals surface area contributed by atoms with Gasteiger partial charge in [-0.2, -0.15) is 0 Å². The van der Waals surface area contributed by atoms with Crippen LogP contribution in [0.5, 0.6) is 0 Å². The van der Waals surface area contributed by atoms with E-state index in [1.54, 1.807) is 6.08 Å². The molecule has 0 aliphatic rings. The number of halogens is 1. The van der Waals surface area contributed by atoms with Crippen molar-refractivity contribution in [3.05, 3.63) is 75.1 Å². The summed E-state index contributed by atoms with van der Waals surface area (Å²) in [5.74, 6) is -0.193. The predicted molar refractivity (Wildman–Crippen MR) is 109 cm³/mol. The minimum Gasteiger partial charge on any atom is -0.298 e. The van der Waals surface area contributed by atoms with Crippen LogP contribution < -0.4 is 5.32 Å². The van der Waals surface area contributed by atoms with E-state index in [-0.39, 0.29) is 5.91 Å². The molecule has 0 saturated carbocycles. The first kappa shape index (κ1) is 17.6. The lowest BCUT2D eigenvalue weighted by Gasteiger charge is -2.03. The van der Waals surface area contributed by atoms with Crippen molar-refractivity contribution in [2.45, 2.75) is 13.8 Å². The van der Waals surface area contributed by atoms with E-state index >= 15 is 0 Å². The molecule has 126 valence electrons. The molecule has 0 aliphatic carbocycles. The van der Waals surface area contributed by atoms with E-state index in [1.165, 1.54) is 28.5 Å². The molecule has 3 nitrogen and oxygen atoms in total. The summed E-state index contributed by atoms with van der Waals surface area (Å²) in [5, 5.41) is 5.39. The Morgan fingerprint density at radius 2 is 2.04 bits per heavy atom. The second kappa shape index (κ2) is 7.76. The lowest BCUT2D eigenvalue weighted by molar-refractivity contribution is -0.111. The Kier molecular flexibility index (Phi) is 5.46. The van der Waals surface area contributed by atoms with Crippen LogP contribution >= 0.6 is 27.3 Å². The number of nitrogens with one attached hydrogen (secondary N) is 1. The first-order valence-electron chi connectivity index (χ1n) is 7.79. The third-order valence-corrected chi connectivity index (χ3v) is 4.93. The van der Waals surface area contributed by atoms with Crippen LogP contribution in [0, 0.1) is 13.8 Å². The number of aromatic nitrogens is 1. The molecule has 0 unspecified atom stereocenters. The number of hydrogen-bond acceptors (Lipinski definition) is 3. The minimum absolute atomic E-state index is 0.193. The molecular weight excluding hydrogens is 396 g/mol. The molecule has 0 atom stereocenters. The topological polar surface area (TPSA) is 42.0 Å². The number of amides is 1. The maximum Gasteiger partial charge on any atom is 0.250 e. The zero-order chi connectivity index (χ0) is 17.8. The van der Waals surface area contributed by atoms with Crippen molar-refractivity contribution in [2.24, 2.45) is 0 Å². The smallest absolute Gasteiger partial charge is 0.250 e. The number of thiazole rings is 1. The number of aryl methyl sites for hydroxylation is 2. The molecule has 0 bridgehead atoms. The van der Waals surface area contributed by atoms with Crippen LogP contribution in [-0.2, 0) is 4.79 Å². The summed E-state index contributed by atoms with van der Waals surface area (Å²) in [6.07, 6.45) is 3.29. The van der Waals surface area contributed by atoms with Crippen LogP contribution in [-0.4, -0.2) is 10.9 Å². The number of nitrogens with zero attached hydrogens (tertiary/aromatic N) is 1. The molecule has 3 rings (SSSR count). The van der Waals surface area contributed by atoms with Crippen molar-refractivity contribution in [3.8, 4) is 11.3 Å². The molecule has 5 heteroatoms. The molecule has 1 amide bonds. The molecular formula is C20H17BrN2OS. The average molecular weight is 413 g/mol. The van der Waals surface area contributed by atoms with Crippen molar-refractivity contribution in [1.82, 2.24) is 4.98 Å². The summed E-state index contributed by atoms with van der Waals surface area (Å²) in [4.78, 5) is 16.6. The third-order valence-electron chi connectivity index (χ3n) is 3.68. The Labute approximate surface area is 159 Å². The highest BCUT2D eigenvalue weighted by molar-refractivity contribution is 9.10. The third kappa shape index (κ3) is 4.65. The largest absolute Gasteiger partial charge is 0.298 e. The lowest BCUT2D eigenvalue weighted by atomic mass is 10.0. The Morgan fingerprint density at radius 3 is 2.84 bits per heavy atom. The van der Waals surface area contributed by atoms with Crippen molar-refractivity contribution in [2.75, 3.05) is 5.32 Å². The summed E-state index contributed by atoms with van der Waals surface area (Å²) < 4.78 is 0.980. The van der Waals surface area contributed by atoms with E-state index in [4.69, 9.17) is 0 Å². The van der Waals surface area contributed by atoms with Gasteiger partial charge in [0.15, 0.2) is 5.13 Å². The van der Waals surface area contributed by atoms with Crippen molar-refractivity contribution < 1.29 is 4.79 Å². The molecule has 1 N–H and O–H groups in total. The number of rotatable bonds is 4. The number of benzene rings is 2. The van der Waals surface area contributed by atoms with Gasteiger partial charge in [-0.15, -0.1) is 11.3 Å². The average Bonchev–Trinajstić information content (AvgIpc) is 3.03. The summed E-state index contributed by atoms with van der Waals surface area (Å²) in [6, 6.07) is 14.1. The second-order valence-corrected chi connectivity index (χ2v) is 7.51. The van der Waals surface area contributed by atoms with E-state index in [2.05, 4.69) is 58.3 Å². The van der Waals surface area contributed by atoms with E-state index in [9.17, 15) is 4.79 Å². The van der Waals surface area contributed by atoms with Gasteiger partial charge in [0, 0.05) is 21.5 Å². The second-order valence-electron chi connectivity index (χ2n) is 5.73. The predicted octanol–water partition coefficient (Wildman–Crippen LogP) is 5.84. The van der Waals surface area contributed by atoms with Gasteiger partial charge in [-0.1, -0.05) is 45.8 Å². The van der Waals surface area contributed by atoms with Gasteiger partial charge in [0.25, 0.3) is 0 Å². The normalized spacial score (nSPS) is 11.0. The Bertz CT molecular complexity index is 946. The molecule has 0 aliphatic heterocycles. The number of carbonyl (C=O) groups is 1. The monoisotopic (exact) mass is 412 g/mol. The quantitative estimate of drug-likeness (QED) is 0.546. The van der Waals surface area contributed by atoms with E-state index in [1.807, 2.05) is 29.6 Å². The molecule has 25 heavy (non-hydrogen) atoms. The van der Waals surface area contributed by atoms with Gasteiger partial charge in [-0.05, 0) is 49.2 Å². The fourth-order valence-electron chi connectivity index (χ4n) is 2.40. The fraction of sp³-hybridized carbons (Fsp3) is 0.100. The van der Waals surface area contributed by atoms with Crippen LogP contribution in [0.3, 0.4) is 0 Å². The minimum atomic E-state index is -0.193. The molecule has 0 fully saturated rings. The SMILES string of the molecule is Cc1ccc(C)c(-c2csc(NC(=O)/C=C/c3cccc(Br)c3)n2)c1. The van der Waals surface area contributed by atoms with Crippen LogP contribution in [0.4, 0.5) is 5.13 Å². The lowest BCUT2D eigenvalue weighted by Crippen LogP contribution is -2.07. The number of anilines is 1. The van der Waals surface area contributed by atoms with Crippen LogP contribution in [0.15, 0.2) is 58.4 Å². The standard InChI is InChI=1S/C20H17BrN2OS/c1-13-6-7-14(2)17(10-13)18-12-25-20(22-18)23-19(24)9-8-15-4-3-5-16(21)11-15/h3-12H,1-2H3,(H,22,23,24)/b9-8+. The van der Waals surface area contributed by atoms with E-state index in [0.717, 1.165) is 21.3 Å². The van der Waals surface area contributed by atoms with Gasteiger partial charge in [0.2, 0.25) is 5.91 Å². The molecule has 1 aromatic heterocycles. The van der Waals surface area contributed by atoms with E-state index in [0.29, 0.717) is 5.13 Å². The maximum absolute atomic E-state index is 12.1. The Hall–Kier alpha value is -2.24. The summed E-state index contributed by atoms with van der Waals surface area (Å²) in [6.45, 7) is 4.12. The molecule has 0 spiro atoms. The maximum atomic E-state index is 12.1. The molecule has 0 saturated heterocycles. The molecule has 1 heterocycles. The first-order chi connectivity index (χ1) is 12.0. The van der Waals surface area contributed by atoms with Gasteiger partial charge in [0.05, 0.1) is 5.69 Å². The highest BCUT2D eigenvalue weighted by Crippen LogP contribution is 2.28. The van der Waals surface area contributed by atoms with Gasteiger partial charge >= 0.3 is 0 Å². The fourth-order valence-corrected chi connectivity index (χ4v) is 3.53. The van der Waals surface area contributed by atoms with Crippen molar-refractivity contribution in [1.29, 1.82) is 0 Å². The Balaban J connectivity index is 1.71. The number of hydrogen-bond donors (Lipinski definition) is 1. The van der Waals surface area contributed by atoms with Gasteiger partial charge < -0.3 is 0 Å². The number of carbonyl (C=O) groups excluding carboxylic acids is 1. The van der Waals surface area contributed by atoms with Crippen molar-refractivity contribution in [3.63, 3.8) is 0 Å². The van der Waals surface area contributed by atoms with Gasteiger partial charge in [0.1, 0.15) is 0 Å². The van der Waals surface area contributed by atoms with E-state index < -0.39 is 0 Å². The molecule has 2 aromatic carbocycles. The van der Waals surface area contributed by atoms with Crippen LogP contribution in [0.2, 0.25) is 0 Å². The van der Waals surface area contributed by atoms with Gasteiger partial charge in [-0.3, -0.25) is 10.1 Å². The van der Waals surface area contributed by atoms with Crippen LogP contribution in [0.1, 0.15) is 16.7 Å². The van der Waals surface area contributed by atoms with Gasteiger partial charge in [-0.25, -0.2) is 4.98 Å². The summed E-state index contributed by atoms with van der Waals surface area (Å²) in [5.41, 5.74) is 5.30. The zero-order valence-electron chi connectivity index (χ0n) is 13.9. The Morgan fingerprint density at radius 1 is 1.20 bits per heavy atom. The van der Waals surface area contributed by atoms with Crippen LogP contribution in [0.25, 0.3) is 17.3 Å². The zero-order valence-corrected chi connectivity index (χ0v) is 16.3. The highest BCUT2D eigenvalue weighted by atomic mass is 79.9. The molecule has 3 aromatic rings. The van der Waals surface area contributed by atoms with Crippen molar-refractivity contribution >= 4 is 44.4 Å². The first-order valence-corrected chi connectivity index (χ1v) is 9.46.